The van der Waals surface area contributed by atoms with E-state index in [-0.39, 0.29) is 0 Å². The highest BCUT2D eigenvalue weighted by atomic mass is 35.5. The molecule has 0 aliphatic carbocycles. The second-order valence-electron chi connectivity index (χ2n) is 2.99. The topological polar surface area (TPSA) is 12.9 Å². The highest BCUT2D eigenvalue weighted by Crippen LogP contribution is 2.51. The Labute approximate surface area is 95.2 Å². The van der Waals surface area contributed by atoms with Crippen molar-refractivity contribution in [2.45, 2.75) is 18.0 Å². The van der Waals surface area contributed by atoms with Crippen LogP contribution in [0.15, 0.2) is 18.2 Å². The smallest absolute Gasteiger partial charge is 0.235 e. The average molecular weight is 282 g/mol. The Morgan fingerprint density at radius 1 is 0.941 bits per heavy atom. The van der Waals surface area contributed by atoms with Crippen molar-refractivity contribution in [2.75, 3.05) is 0 Å². The molecule has 1 rings (SSSR count). The quantitative estimate of drug-likeness (QED) is 0.589. The highest BCUT2D eigenvalue weighted by molar-refractivity contribution is 6.29. The molecule has 0 spiro atoms. The van der Waals surface area contributed by atoms with Crippen LogP contribution in [0.25, 0.3) is 0 Å². The molecule has 1 nitrogen and oxygen atoms in total. The van der Waals surface area contributed by atoms with Gasteiger partial charge in [0.25, 0.3) is 0 Å². The summed E-state index contributed by atoms with van der Waals surface area (Å²) in [6.45, 7) is 0. The number of halogens is 8. The maximum Gasteiger partial charge on any atom is 0.460 e. The first-order valence-corrected chi connectivity index (χ1v) is 4.33. The number of pyridine rings is 1. The van der Waals surface area contributed by atoms with E-state index in [4.69, 9.17) is 11.6 Å². The molecule has 0 N–H and O–H groups in total. The van der Waals surface area contributed by atoms with Crippen LogP contribution in [0.2, 0.25) is 5.15 Å². The predicted molar refractivity (Wildman–Crippen MR) is 44.1 cm³/mol. The minimum Gasteiger partial charge on any atom is -0.235 e. The van der Waals surface area contributed by atoms with E-state index in [0.717, 1.165) is 12.1 Å². The Morgan fingerprint density at radius 2 is 1.47 bits per heavy atom. The van der Waals surface area contributed by atoms with Crippen LogP contribution < -0.4 is 0 Å². The number of hydrogen-bond acceptors (Lipinski definition) is 1. The molecule has 17 heavy (non-hydrogen) atoms. The monoisotopic (exact) mass is 281 g/mol. The second kappa shape index (κ2) is 4.01. The first kappa shape index (κ1) is 14.0. The van der Waals surface area contributed by atoms with E-state index < -0.39 is 28.9 Å². The van der Waals surface area contributed by atoms with Crippen LogP contribution in [-0.4, -0.2) is 17.1 Å². The zero-order chi connectivity index (χ0) is 13.5. The summed E-state index contributed by atoms with van der Waals surface area (Å²) < 4.78 is 86.6. The van der Waals surface area contributed by atoms with Crippen molar-refractivity contribution in [3.05, 3.63) is 29.0 Å². The fourth-order valence-corrected chi connectivity index (χ4v) is 1.09. The zero-order valence-corrected chi connectivity index (χ0v) is 8.46. The minimum atomic E-state index is -6.39. The van der Waals surface area contributed by atoms with Crippen molar-refractivity contribution >= 4 is 11.6 Å². The van der Waals surface area contributed by atoms with E-state index in [1.165, 1.54) is 0 Å². The first-order chi connectivity index (χ1) is 7.50. The van der Waals surface area contributed by atoms with Gasteiger partial charge in [0.2, 0.25) is 0 Å². The molecule has 0 bridgehead atoms. The third-order valence-corrected chi connectivity index (χ3v) is 2.00. The summed E-state index contributed by atoms with van der Waals surface area (Å²) in [6, 6.07) is 2.10. The van der Waals surface area contributed by atoms with E-state index in [1.54, 1.807) is 0 Å². The average Bonchev–Trinajstić information content (AvgIpc) is 2.15. The third-order valence-electron chi connectivity index (χ3n) is 1.79. The van der Waals surface area contributed by atoms with Gasteiger partial charge in [-0.2, -0.15) is 30.7 Å². The van der Waals surface area contributed by atoms with Crippen LogP contribution in [0.3, 0.4) is 0 Å². The molecule has 0 atom stereocenters. The molecule has 0 radical (unpaired) electrons. The fourth-order valence-electron chi connectivity index (χ4n) is 0.922. The Balaban J connectivity index is 3.28. The number of alkyl halides is 7. The van der Waals surface area contributed by atoms with Gasteiger partial charge in [-0.25, -0.2) is 4.98 Å². The molecular formula is C8H3ClF7N. The maximum absolute atomic E-state index is 13.0. The van der Waals surface area contributed by atoms with Crippen LogP contribution in [0.1, 0.15) is 5.69 Å². The van der Waals surface area contributed by atoms with Crippen molar-refractivity contribution in [2.24, 2.45) is 0 Å². The van der Waals surface area contributed by atoms with Crippen molar-refractivity contribution < 1.29 is 30.7 Å². The molecule has 9 heteroatoms. The fraction of sp³-hybridized carbons (Fsp3) is 0.375. The molecule has 0 aliphatic heterocycles. The SMILES string of the molecule is FC(F)(F)C(F)(F)C(F)(F)c1cccc(Cl)n1. The van der Waals surface area contributed by atoms with Gasteiger partial charge in [-0.1, -0.05) is 17.7 Å². The number of aromatic nitrogens is 1. The summed E-state index contributed by atoms with van der Waals surface area (Å²) in [6.07, 6.45) is -6.39. The lowest BCUT2D eigenvalue weighted by atomic mass is 10.1. The molecule has 0 aliphatic rings. The lowest BCUT2D eigenvalue weighted by Crippen LogP contribution is -2.50. The molecule has 96 valence electrons. The molecule has 1 aromatic rings. The Morgan fingerprint density at radius 3 is 1.88 bits per heavy atom. The lowest BCUT2D eigenvalue weighted by molar-refractivity contribution is -0.360. The molecular weight excluding hydrogens is 279 g/mol. The molecule has 1 heterocycles. The molecule has 0 fully saturated rings. The molecule has 0 aromatic carbocycles. The van der Waals surface area contributed by atoms with Gasteiger partial charge in [0.15, 0.2) is 0 Å². The van der Waals surface area contributed by atoms with E-state index in [2.05, 4.69) is 4.98 Å². The number of rotatable bonds is 2. The minimum absolute atomic E-state index is 0.339. The Hall–Kier alpha value is -1.05. The van der Waals surface area contributed by atoms with Gasteiger partial charge < -0.3 is 0 Å². The van der Waals surface area contributed by atoms with Crippen molar-refractivity contribution in [1.29, 1.82) is 0 Å². The summed E-state index contributed by atoms with van der Waals surface area (Å²) in [5.41, 5.74) is -1.74. The summed E-state index contributed by atoms with van der Waals surface area (Å²) in [5.74, 6) is -11.7. The standard InChI is InChI=1S/C8H3ClF7N/c9-5-3-1-2-4(17-5)6(10,11)7(12,13)8(14,15)16/h1-3H. The van der Waals surface area contributed by atoms with Crippen LogP contribution in [0.4, 0.5) is 30.7 Å². The summed E-state index contributed by atoms with van der Waals surface area (Å²) in [7, 11) is 0. The van der Waals surface area contributed by atoms with E-state index in [0.29, 0.717) is 6.07 Å². The van der Waals surface area contributed by atoms with E-state index in [1.807, 2.05) is 0 Å². The Kier molecular flexibility index (Phi) is 3.30. The zero-order valence-electron chi connectivity index (χ0n) is 7.70. The summed E-state index contributed by atoms with van der Waals surface area (Å²) >= 11 is 5.14. The van der Waals surface area contributed by atoms with Gasteiger partial charge in [0, 0.05) is 0 Å². The summed E-state index contributed by atoms with van der Waals surface area (Å²) in [5, 5.41) is -0.611. The van der Waals surface area contributed by atoms with Gasteiger partial charge in [0.05, 0.1) is 0 Å². The van der Waals surface area contributed by atoms with Gasteiger partial charge in [-0.3, -0.25) is 0 Å². The van der Waals surface area contributed by atoms with Gasteiger partial charge in [-0.15, -0.1) is 0 Å². The van der Waals surface area contributed by atoms with E-state index >= 15 is 0 Å². The van der Waals surface area contributed by atoms with Crippen LogP contribution in [-0.2, 0) is 5.92 Å². The number of nitrogens with zero attached hydrogens (tertiary/aromatic N) is 1. The van der Waals surface area contributed by atoms with Crippen molar-refractivity contribution in [3.8, 4) is 0 Å². The normalized spacial score (nSPS) is 13.9. The van der Waals surface area contributed by atoms with Crippen LogP contribution in [0.5, 0.6) is 0 Å². The molecule has 0 saturated heterocycles. The Bertz CT molecular complexity index is 415. The largest absolute Gasteiger partial charge is 0.460 e. The highest BCUT2D eigenvalue weighted by Gasteiger charge is 2.74. The van der Waals surface area contributed by atoms with Crippen molar-refractivity contribution in [1.82, 2.24) is 4.98 Å². The predicted octanol–water partition coefficient (Wildman–Crippen LogP) is 4.02. The van der Waals surface area contributed by atoms with Gasteiger partial charge in [0.1, 0.15) is 10.8 Å². The lowest BCUT2D eigenvalue weighted by Gasteiger charge is -2.27. The first-order valence-electron chi connectivity index (χ1n) is 3.95. The van der Waals surface area contributed by atoms with E-state index in [9.17, 15) is 30.7 Å². The molecule has 0 saturated carbocycles. The van der Waals surface area contributed by atoms with Crippen LogP contribution in [0, 0.1) is 0 Å². The number of hydrogen-bond donors (Lipinski definition) is 0. The maximum atomic E-state index is 13.0. The molecule has 0 unspecified atom stereocenters. The third kappa shape index (κ3) is 2.31. The van der Waals surface area contributed by atoms with Crippen LogP contribution >= 0.6 is 11.6 Å². The van der Waals surface area contributed by atoms with Gasteiger partial charge >= 0.3 is 18.0 Å². The summed E-state index contributed by atoms with van der Waals surface area (Å²) in [4.78, 5) is 2.76. The molecule has 1 aromatic heterocycles. The second-order valence-corrected chi connectivity index (χ2v) is 3.38. The van der Waals surface area contributed by atoms with Gasteiger partial charge in [-0.05, 0) is 12.1 Å². The molecule has 0 amide bonds. The van der Waals surface area contributed by atoms with Crippen molar-refractivity contribution in [3.63, 3.8) is 0 Å².